The minimum absolute atomic E-state index is 1.14. The van der Waals surface area contributed by atoms with Gasteiger partial charge in [-0.2, -0.15) is 0 Å². The highest BCUT2D eigenvalue weighted by Crippen LogP contribution is 2.47. The highest BCUT2D eigenvalue weighted by Gasteiger charge is 2.24. The highest BCUT2D eigenvalue weighted by molar-refractivity contribution is 7.20. The fourth-order valence-corrected chi connectivity index (χ4v) is 9.42. The third-order valence-electron chi connectivity index (χ3n) is 10.4. The summed E-state index contributed by atoms with van der Waals surface area (Å²) in [6, 6.07) is 57.6. The van der Waals surface area contributed by atoms with Gasteiger partial charge >= 0.3 is 0 Å². The summed E-state index contributed by atoms with van der Waals surface area (Å²) in [5.74, 6) is 0. The van der Waals surface area contributed by atoms with Gasteiger partial charge in [-0.3, -0.25) is 0 Å². The van der Waals surface area contributed by atoms with Crippen LogP contribution in [0.3, 0.4) is 0 Å². The summed E-state index contributed by atoms with van der Waals surface area (Å²) in [7, 11) is 0. The fraction of sp³-hybridized carbons (Fsp3) is 0.0204. The molecule has 0 saturated heterocycles. The zero-order valence-electron chi connectivity index (χ0n) is 28.8. The number of para-hydroxylation sites is 4. The van der Waals surface area contributed by atoms with Crippen molar-refractivity contribution in [2.45, 2.75) is 6.92 Å². The van der Waals surface area contributed by atoms with Crippen LogP contribution in [0.5, 0.6) is 0 Å². The number of allylic oxidation sites excluding steroid dienone is 1. The van der Waals surface area contributed by atoms with Gasteiger partial charge in [0.1, 0.15) is 0 Å². The van der Waals surface area contributed by atoms with Gasteiger partial charge in [0.05, 0.1) is 22.1 Å². The smallest absolute Gasteiger partial charge is 0.0795 e. The topological polar surface area (TPSA) is 9.86 Å². The van der Waals surface area contributed by atoms with Crippen molar-refractivity contribution in [3.8, 4) is 33.6 Å². The van der Waals surface area contributed by atoms with Crippen molar-refractivity contribution in [2.24, 2.45) is 0 Å². The Bertz CT molecular complexity index is 3030. The summed E-state index contributed by atoms with van der Waals surface area (Å²) in [5.41, 5.74) is 13.2. The van der Waals surface area contributed by atoms with Crippen LogP contribution >= 0.6 is 11.3 Å². The lowest BCUT2D eigenvalue weighted by Gasteiger charge is -2.14. The molecular formula is C49H34N2S. The van der Waals surface area contributed by atoms with Gasteiger partial charge in [0.2, 0.25) is 0 Å². The molecule has 0 radical (unpaired) electrons. The largest absolute Gasteiger partial charge is 0.307 e. The number of aromatic nitrogens is 2. The molecule has 0 aliphatic carbocycles. The highest BCUT2D eigenvalue weighted by atomic mass is 32.1. The molecule has 3 aromatic heterocycles. The fourth-order valence-electron chi connectivity index (χ4n) is 8.24. The normalized spacial score (nSPS) is 11.9. The van der Waals surface area contributed by atoms with Crippen molar-refractivity contribution in [2.75, 3.05) is 0 Å². The number of nitrogens with zero attached hydrogens (tertiary/aromatic N) is 2. The summed E-state index contributed by atoms with van der Waals surface area (Å²) in [5, 5.41) is 6.23. The predicted octanol–water partition coefficient (Wildman–Crippen LogP) is 14.1. The quantitative estimate of drug-likeness (QED) is 0.165. The molecule has 0 unspecified atom stereocenters. The number of thiophene rings is 1. The molecule has 7 aromatic carbocycles. The Kier molecular flexibility index (Phi) is 7.09. The molecule has 0 spiro atoms. The van der Waals surface area contributed by atoms with Gasteiger partial charge in [0, 0.05) is 47.9 Å². The number of fused-ring (bicyclic) bond motifs is 8. The zero-order valence-corrected chi connectivity index (χ0v) is 29.6. The number of benzene rings is 7. The molecule has 3 heteroatoms. The van der Waals surface area contributed by atoms with E-state index in [1.807, 2.05) is 17.4 Å². The lowest BCUT2D eigenvalue weighted by atomic mass is 9.93. The van der Waals surface area contributed by atoms with E-state index in [2.05, 4.69) is 193 Å². The van der Waals surface area contributed by atoms with Crippen LogP contribution in [-0.2, 0) is 0 Å². The summed E-state index contributed by atoms with van der Waals surface area (Å²) >= 11 is 1.82. The van der Waals surface area contributed by atoms with Crippen LogP contribution in [0.2, 0.25) is 0 Å². The molecule has 246 valence electrons. The molecule has 0 aliphatic heterocycles. The molecule has 0 N–H and O–H groups in total. The van der Waals surface area contributed by atoms with E-state index in [0.29, 0.717) is 0 Å². The third-order valence-corrected chi connectivity index (χ3v) is 11.6. The summed E-state index contributed by atoms with van der Waals surface area (Å²) in [6.07, 6.45) is 6.31. The van der Waals surface area contributed by atoms with Crippen molar-refractivity contribution in [3.63, 3.8) is 0 Å². The van der Waals surface area contributed by atoms with Crippen molar-refractivity contribution >= 4 is 77.2 Å². The summed E-state index contributed by atoms with van der Waals surface area (Å²) in [6.45, 7) is 6.22. The van der Waals surface area contributed by atoms with Gasteiger partial charge in [-0.15, -0.1) is 11.3 Å². The van der Waals surface area contributed by atoms with E-state index in [4.69, 9.17) is 0 Å². The van der Waals surface area contributed by atoms with Crippen LogP contribution in [0, 0.1) is 0 Å². The first kappa shape index (κ1) is 30.4. The number of rotatable bonds is 6. The van der Waals surface area contributed by atoms with E-state index in [-0.39, 0.29) is 0 Å². The minimum Gasteiger partial charge on any atom is -0.307 e. The second-order valence-corrected chi connectivity index (χ2v) is 14.3. The summed E-state index contributed by atoms with van der Waals surface area (Å²) in [4.78, 5) is 1.20. The Morgan fingerprint density at radius 2 is 1.10 bits per heavy atom. The van der Waals surface area contributed by atoms with Crippen molar-refractivity contribution in [1.82, 2.24) is 9.13 Å². The average molecular weight is 683 g/mol. The first-order valence-corrected chi connectivity index (χ1v) is 18.6. The van der Waals surface area contributed by atoms with E-state index in [0.717, 1.165) is 11.4 Å². The monoisotopic (exact) mass is 682 g/mol. The van der Waals surface area contributed by atoms with E-state index in [1.165, 1.54) is 86.4 Å². The SMILES string of the molecule is C=Cc1sc2c(-c3cccc(-c4cc5c6ccccc6n(-c6ccccc6)c5c5c4c4ccccc4n5-c4ccccc4)c3)cccc2c1/C=C\C. The van der Waals surface area contributed by atoms with Crippen LogP contribution in [0.25, 0.3) is 99.5 Å². The van der Waals surface area contributed by atoms with Crippen LogP contribution in [-0.4, -0.2) is 9.13 Å². The molecule has 52 heavy (non-hydrogen) atoms. The summed E-state index contributed by atoms with van der Waals surface area (Å²) < 4.78 is 6.22. The molecular weight excluding hydrogens is 649 g/mol. The predicted molar refractivity (Wildman–Crippen MR) is 226 cm³/mol. The van der Waals surface area contributed by atoms with E-state index in [1.54, 1.807) is 0 Å². The Morgan fingerprint density at radius 3 is 1.79 bits per heavy atom. The molecule has 0 fully saturated rings. The van der Waals surface area contributed by atoms with Gasteiger partial charge in [-0.25, -0.2) is 0 Å². The molecule has 10 rings (SSSR count). The number of hydrogen-bond donors (Lipinski definition) is 0. The molecule has 0 bridgehead atoms. The van der Waals surface area contributed by atoms with E-state index in [9.17, 15) is 0 Å². The molecule has 0 saturated carbocycles. The number of hydrogen-bond acceptors (Lipinski definition) is 1. The molecule has 0 atom stereocenters. The maximum Gasteiger partial charge on any atom is 0.0795 e. The zero-order chi connectivity index (χ0) is 34.8. The lowest BCUT2D eigenvalue weighted by molar-refractivity contribution is 1.15. The Balaban J connectivity index is 1.36. The maximum absolute atomic E-state index is 4.14. The minimum atomic E-state index is 1.14. The average Bonchev–Trinajstić information content (AvgIpc) is 3.86. The first-order chi connectivity index (χ1) is 25.7. The van der Waals surface area contributed by atoms with Crippen LogP contribution in [0.4, 0.5) is 0 Å². The van der Waals surface area contributed by atoms with Gasteiger partial charge in [0.25, 0.3) is 0 Å². The molecule has 0 aliphatic rings. The van der Waals surface area contributed by atoms with Crippen LogP contribution < -0.4 is 0 Å². The van der Waals surface area contributed by atoms with Crippen molar-refractivity contribution < 1.29 is 0 Å². The molecule has 10 aromatic rings. The second-order valence-electron chi connectivity index (χ2n) is 13.3. The lowest BCUT2D eigenvalue weighted by Crippen LogP contribution is -1.99. The standard InChI is InChI=1S/C49H34N2S/c1-3-17-38-39-27-16-26-36(49(39)52-45(38)4-2)32-18-15-19-33(30-32)41-31-42-37-24-11-13-28-43(37)50(34-20-7-5-8-21-34)47(42)48-46(41)40-25-12-14-29-44(40)51(48)35-22-9-6-10-23-35/h3-31H,2H2,1H3/b17-3-. The molecule has 3 heterocycles. The van der Waals surface area contributed by atoms with Gasteiger partial charge in [-0.05, 0) is 83.3 Å². The Morgan fingerprint density at radius 1 is 0.519 bits per heavy atom. The van der Waals surface area contributed by atoms with Crippen LogP contribution in [0.15, 0.2) is 170 Å². The first-order valence-electron chi connectivity index (χ1n) is 17.8. The van der Waals surface area contributed by atoms with E-state index >= 15 is 0 Å². The van der Waals surface area contributed by atoms with Gasteiger partial charge < -0.3 is 9.13 Å². The van der Waals surface area contributed by atoms with Crippen LogP contribution in [0.1, 0.15) is 17.4 Å². The van der Waals surface area contributed by atoms with Gasteiger partial charge in [-0.1, -0.05) is 134 Å². The molecule has 0 amide bonds. The second kappa shape index (κ2) is 12.1. The Hall–Kier alpha value is -6.42. The molecule has 2 nitrogen and oxygen atoms in total. The Labute approximate surface area is 306 Å². The third kappa shape index (κ3) is 4.50. The maximum atomic E-state index is 4.14. The van der Waals surface area contributed by atoms with Crippen molar-refractivity contribution in [3.05, 3.63) is 181 Å². The van der Waals surface area contributed by atoms with Gasteiger partial charge in [0.15, 0.2) is 0 Å². The van der Waals surface area contributed by atoms with Crippen molar-refractivity contribution in [1.29, 1.82) is 0 Å². The van der Waals surface area contributed by atoms with E-state index < -0.39 is 0 Å².